The van der Waals surface area contributed by atoms with Gasteiger partial charge in [-0.15, -0.1) is 0 Å². The van der Waals surface area contributed by atoms with Crippen molar-refractivity contribution in [2.45, 2.75) is 0 Å². The van der Waals surface area contributed by atoms with Gasteiger partial charge in [0, 0.05) is 0 Å². The molecule has 72 valence electrons. The largest absolute Gasteiger partial charge is 2.00 e. The van der Waals surface area contributed by atoms with Crippen LogP contribution in [0.4, 0.5) is 0 Å². The van der Waals surface area contributed by atoms with Gasteiger partial charge in [0.15, 0.2) is 0 Å². The molecule has 0 aliphatic heterocycles. The van der Waals surface area contributed by atoms with Crippen molar-refractivity contribution in [3.05, 3.63) is 0 Å². The first-order valence-corrected chi connectivity index (χ1v) is 4.38. The second-order valence-corrected chi connectivity index (χ2v) is 2.68. The summed E-state index contributed by atoms with van der Waals surface area (Å²) in [7, 11) is -10.8. The molecule has 0 saturated heterocycles. The summed E-state index contributed by atoms with van der Waals surface area (Å²) in [6.07, 6.45) is 0. The minimum atomic E-state index is -5.39. The fourth-order valence-corrected chi connectivity index (χ4v) is 0. The summed E-state index contributed by atoms with van der Waals surface area (Å²) in [5, 5.41) is 0. The molecule has 0 bridgehead atoms. The van der Waals surface area contributed by atoms with Crippen LogP contribution in [0, 0.1) is 0 Å². The molecule has 0 amide bonds. The third-order valence-corrected chi connectivity index (χ3v) is 0. The first kappa shape index (κ1) is 43.2. The molecule has 15 heteroatoms. The van der Waals surface area contributed by atoms with Crippen LogP contribution in [0.3, 0.4) is 0 Å². The van der Waals surface area contributed by atoms with Gasteiger partial charge < -0.3 is 38.5 Å². The van der Waals surface area contributed by atoms with Crippen molar-refractivity contribution in [3.8, 4) is 0 Å². The third-order valence-electron chi connectivity index (χ3n) is 0. The van der Waals surface area contributed by atoms with E-state index in [1.165, 1.54) is 0 Å². The smallest absolute Gasteiger partial charge is 2.00 e. The molecule has 0 atom stereocenters. The molecule has 0 aromatic rings. The van der Waals surface area contributed by atoms with Gasteiger partial charge in [0.25, 0.3) is 0 Å². The molecule has 0 radical (unpaired) electrons. The average Bonchev–Trinajstić information content (AvgIpc) is 1.12. The maximum absolute atomic E-state index is 8.55. The zero-order valence-corrected chi connectivity index (χ0v) is 18.5. The van der Waals surface area contributed by atoms with Crippen LogP contribution in [-0.4, -0.2) is 212 Å². The van der Waals surface area contributed by atoms with E-state index < -0.39 is 15.6 Å². The molecule has 0 spiro atoms. The molecule has 0 aromatic heterocycles. The zero-order valence-electron chi connectivity index (χ0n) is 6.28. The number of phosphoric acid groups is 2. The second kappa shape index (κ2) is 23.4. The van der Waals surface area contributed by atoms with Gasteiger partial charge in [-0.1, -0.05) is 0 Å². The van der Waals surface area contributed by atoms with Gasteiger partial charge in [-0.3, -0.25) is 0 Å². The van der Waals surface area contributed by atoms with E-state index in [1.807, 2.05) is 0 Å². The molecular weight excluding hydrogens is 533 g/mol. The fraction of sp³-hybridized carbons (Fsp3) is 0. The molecular formula is H4Ca2O8P2Sr3. The molecule has 0 N–H and O–H groups in total. The zero-order chi connectivity index (χ0) is 9.00. The molecule has 15 heavy (non-hydrogen) atoms. The quantitative estimate of drug-likeness (QED) is 0.217. The van der Waals surface area contributed by atoms with Crippen LogP contribution in [0.2, 0.25) is 0 Å². The van der Waals surface area contributed by atoms with Crippen molar-refractivity contribution in [1.82, 2.24) is 0 Å². The standard InChI is InChI=1S/2Ca.2H3O4P.3Sr.4H/c;;2*1-5(2,3)4;;;;;;;/h;;2*(H3,1,2,3,4);;;;;;;/q;;;;3*+2;;;;/p-6. The molecule has 8 nitrogen and oxygen atoms in total. The number of hydrogen-bond acceptors (Lipinski definition) is 8. The van der Waals surface area contributed by atoms with Crippen molar-refractivity contribution in [2.75, 3.05) is 0 Å². The van der Waals surface area contributed by atoms with Gasteiger partial charge in [-0.05, 0) is 0 Å². The van der Waals surface area contributed by atoms with Crippen molar-refractivity contribution >= 4 is 228 Å². The second-order valence-electron chi connectivity index (χ2n) is 0.894. The summed E-state index contributed by atoms with van der Waals surface area (Å²) < 4.78 is 17.1. The molecule has 0 fully saturated rings. The SMILES string of the molecule is O=P([O-])([O-])[O-].O=P([O-])([O-])[O-].[CaH2].[CaH2].[Sr+2].[Sr+2].[Sr+2]. The molecule has 0 unspecified atom stereocenters. The van der Waals surface area contributed by atoms with E-state index in [0.717, 1.165) is 0 Å². The van der Waals surface area contributed by atoms with Crippen LogP contribution in [-0.2, 0) is 9.13 Å². The maximum atomic E-state index is 8.55. The Morgan fingerprint density at radius 1 is 0.533 bits per heavy atom. The van der Waals surface area contributed by atoms with Gasteiger partial charge in [-0.2, -0.15) is 15.6 Å². The molecule has 0 aromatic carbocycles. The first-order chi connectivity index (χ1) is 4.00. The van der Waals surface area contributed by atoms with E-state index in [4.69, 9.17) is 38.5 Å². The molecule has 0 heterocycles. The van der Waals surface area contributed by atoms with Crippen molar-refractivity contribution < 1.29 is 38.5 Å². The van der Waals surface area contributed by atoms with Gasteiger partial charge >= 0.3 is 212 Å². The third kappa shape index (κ3) is 151. The summed E-state index contributed by atoms with van der Waals surface area (Å²) in [5.41, 5.74) is 0. The molecule has 0 aliphatic rings. The minimum Gasteiger partial charge on any atom is 2.00 e. The van der Waals surface area contributed by atoms with Crippen LogP contribution in [0.5, 0.6) is 0 Å². The average molecular weight is 537 g/mol. The fourth-order valence-electron chi connectivity index (χ4n) is 0. The Kier molecular flexibility index (Phi) is 67.5. The van der Waals surface area contributed by atoms with Gasteiger partial charge in [0.05, 0.1) is 0 Å². The van der Waals surface area contributed by atoms with E-state index in [1.54, 1.807) is 0 Å². The maximum Gasteiger partial charge on any atom is 2.00 e. The number of hydrogen-bond donors (Lipinski definition) is 0. The van der Waals surface area contributed by atoms with E-state index in [9.17, 15) is 0 Å². The van der Waals surface area contributed by atoms with E-state index in [0.29, 0.717) is 0 Å². The van der Waals surface area contributed by atoms with Crippen LogP contribution in [0.15, 0.2) is 0 Å². The summed E-state index contributed by atoms with van der Waals surface area (Å²) in [5.74, 6) is 0. The van der Waals surface area contributed by atoms with Crippen molar-refractivity contribution in [1.29, 1.82) is 0 Å². The van der Waals surface area contributed by atoms with Gasteiger partial charge in [0.1, 0.15) is 0 Å². The first-order valence-electron chi connectivity index (χ1n) is 1.46. The van der Waals surface area contributed by atoms with E-state index in [-0.39, 0.29) is 212 Å². The Morgan fingerprint density at radius 2 is 0.533 bits per heavy atom. The number of rotatable bonds is 0. The molecule has 0 aliphatic carbocycles. The molecule has 0 saturated carbocycles. The van der Waals surface area contributed by atoms with E-state index >= 15 is 0 Å². The van der Waals surface area contributed by atoms with Gasteiger partial charge in [0.2, 0.25) is 0 Å². The topological polar surface area (TPSA) is 172 Å². The monoisotopic (exact) mass is 538 g/mol. The van der Waals surface area contributed by atoms with Crippen LogP contribution in [0.1, 0.15) is 0 Å². The Morgan fingerprint density at radius 3 is 0.533 bits per heavy atom. The Hall–Kier alpha value is 7.18. The Labute approximate surface area is 258 Å². The Balaban J connectivity index is -0.0000000128. The van der Waals surface area contributed by atoms with Crippen LogP contribution >= 0.6 is 15.6 Å². The predicted molar refractivity (Wildman–Crippen MR) is 49.6 cm³/mol. The van der Waals surface area contributed by atoms with Crippen LogP contribution < -0.4 is 29.4 Å². The summed E-state index contributed by atoms with van der Waals surface area (Å²) >= 11 is 0. The summed E-state index contributed by atoms with van der Waals surface area (Å²) in [6, 6.07) is 0. The minimum absolute atomic E-state index is 0. The normalized spacial score (nSPS) is 7.87. The molecule has 0 rings (SSSR count). The van der Waals surface area contributed by atoms with Crippen molar-refractivity contribution in [2.24, 2.45) is 0 Å². The van der Waals surface area contributed by atoms with E-state index in [2.05, 4.69) is 0 Å². The summed E-state index contributed by atoms with van der Waals surface area (Å²) in [4.78, 5) is 51.3. The van der Waals surface area contributed by atoms with Gasteiger partial charge in [-0.25, -0.2) is 0 Å². The Bertz CT molecular complexity index is 138. The van der Waals surface area contributed by atoms with Crippen molar-refractivity contribution in [3.63, 3.8) is 0 Å². The predicted octanol–water partition coefficient (Wildman–Crippen LogP) is -8.62. The van der Waals surface area contributed by atoms with Crippen LogP contribution in [0.25, 0.3) is 0 Å². The summed E-state index contributed by atoms with van der Waals surface area (Å²) in [6.45, 7) is 0.